The highest BCUT2D eigenvalue weighted by Gasteiger charge is 2.05. The molecule has 0 unspecified atom stereocenters. The van der Waals surface area contributed by atoms with Gasteiger partial charge in [-0.25, -0.2) is 8.78 Å². The minimum atomic E-state index is -0.617. The van der Waals surface area contributed by atoms with Crippen molar-refractivity contribution >= 4 is 5.91 Å². The maximum Gasteiger partial charge on any atom is 0.252 e. The van der Waals surface area contributed by atoms with Gasteiger partial charge in [-0.05, 0) is 36.2 Å². The predicted octanol–water partition coefficient (Wildman–Crippen LogP) is 2.33. The Hall–Kier alpha value is -2.30. The predicted molar refractivity (Wildman–Crippen MR) is 66.6 cm³/mol. The van der Waals surface area contributed by atoms with Crippen molar-refractivity contribution in [3.63, 3.8) is 0 Å². The number of amides is 1. The Morgan fingerprint density at radius 1 is 1.21 bits per heavy atom. The lowest BCUT2D eigenvalue weighted by molar-refractivity contribution is 0.0954. The van der Waals surface area contributed by atoms with Crippen molar-refractivity contribution in [1.29, 1.82) is 0 Å². The van der Waals surface area contributed by atoms with E-state index in [1.807, 2.05) is 0 Å². The summed E-state index contributed by atoms with van der Waals surface area (Å²) < 4.78 is 25.9. The molecule has 0 saturated heterocycles. The number of carbonyl (C=O) groups excluding carboxylic acids is 1. The highest BCUT2D eigenvalue weighted by Crippen LogP contribution is 2.08. The summed E-state index contributed by atoms with van der Waals surface area (Å²) in [5.74, 6) is -1.49. The van der Waals surface area contributed by atoms with E-state index in [0.29, 0.717) is 24.1 Å². The fourth-order valence-electron chi connectivity index (χ4n) is 1.67. The highest BCUT2D eigenvalue weighted by atomic mass is 19.1. The van der Waals surface area contributed by atoms with Crippen LogP contribution in [-0.2, 0) is 6.42 Å². The van der Waals surface area contributed by atoms with E-state index in [1.165, 1.54) is 18.3 Å². The van der Waals surface area contributed by atoms with E-state index in [2.05, 4.69) is 10.3 Å². The molecule has 0 aliphatic carbocycles. The summed E-state index contributed by atoms with van der Waals surface area (Å²) in [6.07, 6.45) is 3.39. The molecule has 3 nitrogen and oxygen atoms in total. The minimum absolute atomic E-state index is 0.259. The smallest absolute Gasteiger partial charge is 0.252 e. The monoisotopic (exact) mass is 262 g/mol. The quantitative estimate of drug-likeness (QED) is 0.918. The topological polar surface area (TPSA) is 42.0 Å². The van der Waals surface area contributed by atoms with Crippen LogP contribution in [0.25, 0.3) is 0 Å². The first-order chi connectivity index (χ1) is 9.15. The number of nitrogens with zero attached hydrogens (tertiary/aromatic N) is 1. The summed E-state index contributed by atoms with van der Waals surface area (Å²) in [4.78, 5) is 15.5. The number of hydrogen-bond donors (Lipinski definition) is 1. The first kappa shape index (κ1) is 13.1. The van der Waals surface area contributed by atoms with Crippen molar-refractivity contribution in [2.45, 2.75) is 6.42 Å². The third kappa shape index (κ3) is 3.84. The largest absolute Gasteiger partial charge is 0.352 e. The second-order valence-corrected chi connectivity index (χ2v) is 4.03. The summed E-state index contributed by atoms with van der Waals surface area (Å²) in [6.45, 7) is 0.302. The lowest BCUT2D eigenvalue weighted by Gasteiger charge is -2.05. The van der Waals surface area contributed by atoms with Gasteiger partial charge in [0.1, 0.15) is 11.6 Å². The molecule has 0 spiro atoms. The molecule has 1 heterocycles. The van der Waals surface area contributed by atoms with Gasteiger partial charge in [-0.3, -0.25) is 9.78 Å². The van der Waals surface area contributed by atoms with Crippen molar-refractivity contribution in [3.05, 3.63) is 65.5 Å². The number of hydrogen-bond acceptors (Lipinski definition) is 2. The molecule has 0 fully saturated rings. The summed E-state index contributed by atoms with van der Waals surface area (Å²) >= 11 is 0. The molecule has 5 heteroatoms. The number of carbonyl (C=O) groups is 1. The van der Waals surface area contributed by atoms with E-state index in [-0.39, 0.29) is 5.91 Å². The molecule has 1 amide bonds. The molecule has 0 bridgehead atoms. The molecule has 1 aromatic heterocycles. The molecule has 2 rings (SSSR count). The van der Waals surface area contributed by atoms with E-state index < -0.39 is 11.6 Å². The third-order valence-corrected chi connectivity index (χ3v) is 2.55. The van der Waals surface area contributed by atoms with Gasteiger partial charge in [0.2, 0.25) is 0 Å². The number of halogens is 2. The van der Waals surface area contributed by atoms with Crippen LogP contribution in [0.2, 0.25) is 0 Å². The second-order valence-electron chi connectivity index (χ2n) is 4.03. The molecule has 0 atom stereocenters. The average molecular weight is 262 g/mol. The van der Waals surface area contributed by atoms with Crippen molar-refractivity contribution in [3.8, 4) is 0 Å². The highest BCUT2D eigenvalue weighted by molar-refractivity contribution is 5.93. The lowest BCUT2D eigenvalue weighted by Crippen LogP contribution is -2.25. The molecule has 19 heavy (non-hydrogen) atoms. The van der Waals surface area contributed by atoms with Crippen LogP contribution >= 0.6 is 0 Å². The van der Waals surface area contributed by atoms with E-state index >= 15 is 0 Å². The zero-order valence-electron chi connectivity index (χ0n) is 10.1. The molecule has 0 aliphatic heterocycles. The SMILES string of the molecule is O=C(NCCc1cc(F)cc(F)c1)c1cccnc1. The van der Waals surface area contributed by atoms with Gasteiger partial charge >= 0.3 is 0 Å². The van der Waals surface area contributed by atoms with Crippen LogP contribution in [0.3, 0.4) is 0 Å². The standard InChI is InChI=1S/C14H12F2N2O/c15-12-6-10(7-13(16)8-12)3-5-18-14(19)11-2-1-4-17-9-11/h1-2,4,6-9H,3,5H2,(H,18,19). The van der Waals surface area contributed by atoms with Crippen LogP contribution in [0.1, 0.15) is 15.9 Å². The van der Waals surface area contributed by atoms with Crippen molar-refractivity contribution in [1.82, 2.24) is 10.3 Å². The molecule has 0 saturated carbocycles. The summed E-state index contributed by atoms with van der Waals surface area (Å²) in [5, 5.41) is 2.66. The summed E-state index contributed by atoms with van der Waals surface area (Å²) in [6, 6.07) is 6.62. The van der Waals surface area contributed by atoms with E-state index in [4.69, 9.17) is 0 Å². The van der Waals surface area contributed by atoms with Crippen LogP contribution in [0, 0.1) is 11.6 Å². The van der Waals surface area contributed by atoms with Crippen molar-refractivity contribution < 1.29 is 13.6 Å². The second kappa shape index (κ2) is 6.04. The lowest BCUT2D eigenvalue weighted by atomic mass is 10.1. The zero-order valence-corrected chi connectivity index (χ0v) is 10.1. The van der Waals surface area contributed by atoms with E-state index in [9.17, 15) is 13.6 Å². The fourth-order valence-corrected chi connectivity index (χ4v) is 1.67. The molecule has 1 aromatic carbocycles. The van der Waals surface area contributed by atoms with Gasteiger partial charge in [0.05, 0.1) is 5.56 Å². The van der Waals surface area contributed by atoms with Crippen LogP contribution in [0.15, 0.2) is 42.7 Å². The Morgan fingerprint density at radius 3 is 2.58 bits per heavy atom. The van der Waals surface area contributed by atoms with Gasteiger partial charge in [-0.1, -0.05) is 0 Å². The Balaban J connectivity index is 1.88. The fraction of sp³-hybridized carbons (Fsp3) is 0.143. The molecule has 98 valence electrons. The van der Waals surface area contributed by atoms with Gasteiger partial charge in [0.15, 0.2) is 0 Å². The Kier molecular flexibility index (Phi) is 4.18. The van der Waals surface area contributed by atoms with Crippen molar-refractivity contribution in [2.75, 3.05) is 6.54 Å². The van der Waals surface area contributed by atoms with Crippen LogP contribution < -0.4 is 5.32 Å². The molecular weight excluding hydrogens is 250 g/mol. The van der Waals surface area contributed by atoms with Gasteiger partial charge in [-0.2, -0.15) is 0 Å². The molecule has 0 radical (unpaired) electrons. The maximum atomic E-state index is 12.9. The molecule has 2 aromatic rings. The van der Waals surface area contributed by atoms with E-state index in [0.717, 1.165) is 6.07 Å². The summed E-state index contributed by atoms with van der Waals surface area (Å²) in [7, 11) is 0. The Labute approximate surface area is 109 Å². The summed E-state index contributed by atoms with van der Waals surface area (Å²) in [5.41, 5.74) is 0.955. The average Bonchev–Trinajstić information content (AvgIpc) is 2.38. The first-order valence-corrected chi connectivity index (χ1v) is 5.78. The normalized spacial score (nSPS) is 10.2. The van der Waals surface area contributed by atoms with Crippen LogP contribution in [0.4, 0.5) is 8.78 Å². The van der Waals surface area contributed by atoms with Gasteiger partial charge < -0.3 is 5.32 Å². The van der Waals surface area contributed by atoms with Gasteiger partial charge in [-0.15, -0.1) is 0 Å². The molecule has 1 N–H and O–H groups in total. The zero-order chi connectivity index (χ0) is 13.7. The Bertz CT molecular complexity index is 553. The Morgan fingerprint density at radius 2 is 1.95 bits per heavy atom. The van der Waals surface area contributed by atoms with Crippen LogP contribution in [0.5, 0.6) is 0 Å². The van der Waals surface area contributed by atoms with Crippen LogP contribution in [-0.4, -0.2) is 17.4 Å². The van der Waals surface area contributed by atoms with Gasteiger partial charge in [0, 0.05) is 25.0 Å². The minimum Gasteiger partial charge on any atom is -0.352 e. The first-order valence-electron chi connectivity index (χ1n) is 5.78. The van der Waals surface area contributed by atoms with Gasteiger partial charge in [0.25, 0.3) is 5.91 Å². The number of aromatic nitrogens is 1. The van der Waals surface area contributed by atoms with Crippen molar-refractivity contribution in [2.24, 2.45) is 0 Å². The number of nitrogens with one attached hydrogen (secondary N) is 1. The third-order valence-electron chi connectivity index (χ3n) is 2.55. The molecular formula is C14H12F2N2O. The van der Waals surface area contributed by atoms with E-state index in [1.54, 1.807) is 18.3 Å². The molecule has 0 aliphatic rings. The number of pyridine rings is 1. The maximum absolute atomic E-state index is 12.9. The number of benzene rings is 1. The number of rotatable bonds is 4.